The average molecular weight is 326 g/mol. The molecule has 0 aromatic carbocycles. The Kier molecular flexibility index (Phi) is 4.23. The maximum Gasteiger partial charge on any atom is 0.434 e. The molecule has 23 heavy (non-hydrogen) atoms. The lowest BCUT2D eigenvalue weighted by Crippen LogP contribution is -2.31. The standard InChI is InChI=1S/C16H21F3N4/c1-21-6-5-13(7-21)9-22(2)8-12-3-4-15-20-14(16(17,18)19)11-23(15)10-12/h5-7,11-12H,3-4,8-10H2,1-2H3/t12-/m1/s1. The zero-order valence-electron chi connectivity index (χ0n) is 13.3. The SMILES string of the molecule is CN(Cc1ccn(C)c1)C[C@H]1CCc2nc(C(F)(F)F)cn2C1. The van der Waals surface area contributed by atoms with E-state index in [-0.39, 0.29) is 0 Å². The van der Waals surface area contributed by atoms with Crippen molar-refractivity contribution in [1.29, 1.82) is 0 Å². The molecule has 1 aliphatic rings. The minimum absolute atomic E-state index is 0.353. The van der Waals surface area contributed by atoms with Crippen LogP contribution in [-0.4, -0.2) is 32.6 Å². The maximum atomic E-state index is 12.7. The Morgan fingerprint density at radius 3 is 2.78 bits per heavy atom. The molecule has 0 bridgehead atoms. The van der Waals surface area contributed by atoms with Gasteiger partial charge in [-0.3, -0.25) is 0 Å². The highest BCUT2D eigenvalue weighted by Gasteiger charge is 2.35. The van der Waals surface area contributed by atoms with Gasteiger partial charge >= 0.3 is 6.18 Å². The molecule has 0 radical (unpaired) electrons. The second-order valence-corrected chi connectivity index (χ2v) is 6.48. The fourth-order valence-corrected chi connectivity index (χ4v) is 3.27. The number of fused-ring (bicyclic) bond motifs is 1. The zero-order chi connectivity index (χ0) is 16.6. The van der Waals surface area contributed by atoms with E-state index >= 15 is 0 Å². The van der Waals surface area contributed by atoms with Gasteiger partial charge in [-0.1, -0.05) is 0 Å². The first-order valence-corrected chi connectivity index (χ1v) is 7.74. The molecule has 126 valence electrons. The second kappa shape index (κ2) is 6.03. The lowest BCUT2D eigenvalue weighted by molar-refractivity contribution is -0.141. The molecule has 3 rings (SSSR count). The van der Waals surface area contributed by atoms with Gasteiger partial charge < -0.3 is 14.0 Å². The fraction of sp³-hybridized carbons (Fsp3) is 0.562. The van der Waals surface area contributed by atoms with Crippen LogP contribution in [0.15, 0.2) is 24.7 Å². The van der Waals surface area contributed by atoms with Crippen LogP contribution in [0.3, 0.4) is 0 Å². The van der Waals surface area contributed by atoms with Gasteiger partial charge in [-0.05, 0) is 31.0 Å². The summed E-state index contributed by atoms with van der Waals surface area (Å²) >= 11 is 0. The largest absolute Gasteiger partial charge is 0.434 e. The van der Waals surface area contributed by atoms with Crippen molar-refractivity contribution in [3.63, 3.8) is 0 Å². The summed E-state index contributed by atoms with van der Waals surface area (Å²) in [7, 11) is 4.04. The van der Waals surface area contributed by atoms with Crippen LogP contribution in [0.25, 0.3) is 0 Å². The lowest BCUT2D eigenvalue weighted by Gasteiger charge is -2.28. The van der Waals surface area contributed by atoms with Crippen molar-refractivity contribution < 1.29 is 13.2 Å². The van der Waals surface area contributed by atoms with Crippen molar-refractivity contribution in [3.05, 3.63) is 41.7 Å². The van der Waals surface area contributed by atoms with Gasteiger partial charge in [-0.15, -0.1) is 0 Å². The molecule has 0 N–H and O–H groups in total. The number of nitrogens with zero attached hydrogens (tertiary/aromatic N) is 4. The molecule has 0 aliphatic carbocycles. The van der Waals surface area contributed by atoms with Crippen LogP contribution in [0.5, 0.6) is 0 Å². The van der Waals surface area contributed by atoms with Crippen LogP contribution in [0, 0.1) is 5.92 Å². The number of alkyl halides is 3. The van der Waals surface area contributed by atoms with Crippen LogP contribution >= 0.6 is 0 Å². The summed E-state index contributed by atoms with van der Waals surface area (Å²) in [6.07, 6.45) is 2.39. The summed E-state index contributed by atoms with van der Waals surface area (Å²) in [5, 5.41) is 0. The first kappa shape index (κ1) is 16.1. The third kappa shape index (κ3) is 3.77. The van der Waals surface area contributed by atoms with Gasteiger partial charge in [-0.25, -0.2) is 4.98 Å². The molecule has 0 amide bonds. The van der Waals surface area contributed by atoms with E-state index in [2.05, 4.69) is 29.2 Å². The van der Waals surface area contributed by atoms with E-state index in [0.717, 1.165) is 25.7 Å². The molecule has 2 aromatic heterocycles. The number of rotatable bonds is 4. The Morgan fingerprint density at radius 2 is 2.13 bits per heavy atom. The van der Waals surface area contributed by atoms with Gasteiger partial charge in [0.15, 0.2) is 5.69 Å². The molecule has 0 spiro atoms. The Labute approximate surface area is 133 Å². The Bertz CT molecular complexity index is 671. The van der Waals surface area contributed by atoms with Crippen LogP contribution in [0.1, 0.15) is 23.5 Å². The monoisotopic (exact) mass is 326 g/mol. The minimum atomic E-state index is -4.36. The molecule has 2 aromatic rings. The summed E-state index contributed by atoms with van der Waals surface area (Å²) in [4.78, 5) is 5.96. The number of aromatic nitrogens is 3. The van der Waals surface area contributed by atoms with Gasteiger partial charge in [0.05, 0.1) is 0 Å². The van der Waals surface area contributed by atoms with Gasteiger partial charge in [0, 0.05) is 51.7 Å². The van der Waals surface area contributed by atoms with Crippen molar-refractivity contribution in [1.82, 2.24) is 19.0 Å². The topological polar surface area (TPSA) is 26.0 Å². The number of hydrogen-bond acceptors (Lipinski definition) is 2. The number of aryl methyl sites for hydroxylation is 2. The van der Waals surface area contributed by atoms with E-state index in [1.54, 1.807) is 4.57 Å². The molecule has 1 aliphatic heterocycles. The Morgan fingerprint density at radius 1 is 1.35 bits per heavy atom. The van der Waals surface area contributed by atoms with Crippen LogP contribution in [-0.2, 0) is 32.7 Å². The van der Waals surface area contributed by atoms with Crippen LogP contribution in [0.2, 0.25) is 0 Å². The lowest BCUT2D eigenvalue weighted by atomic mass is 9.99. The normalized spacial score (nSPS) is 18.4. The quantitative estimate of drug-likeness (QED) is 0.863. The molecule has 0 saturated carbocycles. The van der Waals surface area contributed by atoms with E-state index < -0.39 is 11.9 Å². The fourth-order valence-electron chi connectivity index (χ4n) is 3.27. The van der Waals surface area contributed by atoms with Crippen molar-refractivity contribution in [2.24, 2.45) is 13.0 Å². The predicted molar refractivity (Wildman–Crippen MR) is 80.8 cm³/mol. The molecule has 0 saturated heterocycles. The third-order valence-corrected chi connectivity index (χ3v) is 4.30. The van der Waals surface area contributed by atoms with E-state index in [9.17, 15) is 13.2 Å². The van der Waals surface area contributed by atoms with E-state index in [0.29, 0.717) is 24.7 Å². The highest BCUT2D eigenvalue weighted by atomic mass is 19.4. The molecule has 3 heterocycles. The van der Waals surface area contributed by atoms with Gasteiger partial charge in [0.1, 0.15) is 5.82 Å². The Hall–Kier alpha value is -1.76. The zero-order valence-corrected chi connectivity index (χ0v) is 13.3. The molecule has 7 heteroatoms. The molecular formula is C16H21F3N4. The maximum absolute atomic E-state index is 12.7. The highest BCUT2D eigenvalue weighted by Crippen LogP contribution is 2.30. The van der Waals surface area contributed by atoms with Crippen molar-refractivity contribution in [3.8, 4) is 0 Å². The highest BCUT2D eigenvalue weighted by molar-refractivity contribution is 5.11. The van der Waals surface area contributed by atoms with Crippen molar-refractivity contribution in [2.75, 3.05) is 13.6 Å². The van der Waals surface area contributed by atoms with Crippen molar-refractivity contribution in [2.45, 2.75) is 32.1 Å². The summed E-state index contributed by atoms with van der Waals surface area (Å²) in [5.74, 6) is 0.908. The summed E-state index contributed by atoms with van der Waals surface area (Å²) in [5.41, 5.74) is 0.472. The van der Waals surface area contributed by atoms with Crippen LogP contribution in [0.4, 0.5) is 13.2 Å². The first-order chi connectivity index (χ1) is 10.8. The predicted octanol–water partition coefficient (Wildman–Crippen LogP) is 2.93. The number of hydrogen-bond donors (Lipinski definition) is 0. The smallest absolute Gasteiger partial charge is 0.357 e. The molecule has 1 atom stereocenters. The Balaban J connectivity index is 1.59. The number of imidazole rings is 1. The van der Waals surface area contributed by atoms with E-state index in [1.165, 1.54) is 5.56 Å². The summed E-state index contributed by atoms with van der Waals surface area (Å²) in [6, 6.07) is 2.08. The summed E-state index contributed by atoms with van der Waals surface area (Å²) in [6.45, 7) is 2.33. The molecule has 0 unspecified atom stereocenters. The molecular weight excluding hydrogens is 305 g/mol. The molecule has 4 nitrogen and oxygen atoms in total. The summed E-state index contributed by atoms with van der Waals surface area (Å²) < 4.78 is 41.9. The van der Waals surface area contributed by atoms with Gasteiger partial charge in [0.25, 0.3) is 0 Å². The average Bonchev–Trinajstić information content (AvgIpc) is 3.04. The van der Waals surface area contributed by atoms with Crippen LogP contribution < -0.4 is 0 Å². The second-order valence-electron chi connectivity index (χ2n) is 6.48. The van der Waals surface area contributed by atoms with Gasteiger partial charge in [-0.2, -0.15) is 13.2 Å². The third-order valence-electron chi connectivity index (χ3n) is 4.30. The van der Waals surface area contributed by atoms with Crippen molar-refractivity contribution >= 4 is 0 Å². The number of halogens is 3. The van der Waals surface area contributed by atoms with E-state index in [4.69, 9.17) is 0 Å². The van der Waals surface area contributed by atoms with E-state index in [1.807, 2.05) is 17.8 Å². The van der Waals surface area contributed by atoms with Gasteiger partial charge in [0.2, 0.25) is 0 Å². The first-order valence-electron chi connectivity index (χ1n) is 7.74. The minimum Gasteiger partial charge on any atom is -0.357 e. The molecule has 0 fully saturated rings.